The van der Waals surface area contributed by atoms with E-state index in [1.54, 1.807) is 7.05 Å². The number of nitrogens with one attached hydrogen (secondary N) is 1. The normalized spacial score (nSPS) is 13.5. The Hall–Kier alpha value is -1.07. The van der Waals surface area contributed by atoms with Crippen molar-refractivity contribution in [1.82, 2.24) is 5.32 Å². The molecule has 5 heteroatoms. The second kappa shape index (κ2) is 7.50. The van der Waals surface area contributed by atoms with Gasteiger partial charge in [0, 0.05) is 6.54 Å². The van der Waals surface area contributed by atoms with E-state index in [2.05, 4.69) is 5.32 Å². The molecule has 0 spiro atoms. The van der Waals surface area contributed by atoms with E-state index < -0.39 is 12.8 Å². The highest BCUT2D eigenvalue weighted by Gasteiger charge is 2.27. The van der Waals surface area contributed by atoms with Gasteiger partial charge in [-0.3, -0.25) is 0 Å². The van der Waals surface area contributed by atoms with E-state index in [9.17, 15) is 13.2 Å². The van der Waals surface area contributed by atoms with Crippen LogP contribution in [0.2, 0.25) is 0 Å². The molecule has 108 valence electrons. The van der Waals surface area contributed by atoms with Crippen molar-refractivity contribution in [2.24, 2.45) is 5.92 Å². The molecule has 0 aromatic heterocycles. The van der Waals surface area contributed by atoms with Gasteiger partial charge in [-0.2, -0.15) is 13.2 Å². The molecule has 2 nitrogen and oxygen atoms in total. The van der Waals surface area contributed by atoms with Gasteiger partial charge < -0.3 is 10.1 Å². The minimum absolute atomic E-state index is 0.0356. The predicted molar refractivity (Wildman–Crippen MR) is 69.2 cm³/mol. The first kappa shape index (κ1) is 16.0. The van der Waals surface area contributed by atoms with Crippen LogP contribution >= 0.6 is 0 Å². The Bertz CT molecular complexity index is 379. The van der Waals surface area contributed by atoms with E-state index in [1.165, 1.54) is 0 Å². The summed E-state index contributed by atoms with van der Waals surface area (Å²) >= 11 is 0. The second-order valence-corrected chi connectivity index (χ2v) is 4.68. The molecule has 1 rings (SSSR count). The number of aryl methyl sites for hydroxylation is 1. The van der Waals surface area contributed by atoms with Gasteiger partial charge in [-0.1, -0.05) is 24.3 Å². The number of alkyl halides is 3. The maximum Gasteiger partial charge on any atom is 0.411 e. The van der Waals surface area contributed by atoms with Crippen LogP contribution in [-0.4, -0.2) is 33.0 Å². The number of ether oxygens (including phenoxy) is 1. The van der Waals surface area contributed by atoms with Gasteiger partial charge in [0.05, 0.1) is 6.61 Å². The average molecular weight is 275 g/mol. The van der Waals surface area contributed by atoms with E-state index in [4.69, 9.17) is 4.74 Å². The molecule has 1 atom stereocenters. The number of benzene rings is 1. The summed E-state index contributed by atoms with van der Waals surface area (Å²) in [6.07, 6.45) is -3.54. The minimum Gasteiger partial charge on any atom is -0.372 e. The van der Waals surface area contributed by atoms with Gasteiger partial charge in [0.2, 0.25) is 0 Å². The fourth-order valence-electron chi connectivity index (χ4n) is 1.97. The summed E-state index contributed by atoms with van der Waals surface area (Å²) < 4.78 is 40.9. The molecule has 0 aliphatic heterocycles. The first-order valence-corrected chi connectivity index (χ1v) is 6.26. The lowest BCUT2D eigenvalue weighted by Crippen LogP contribution is -2.27. The minimum atomic E-state index is -4.26. The van der Waals surface area contributed by atoms with Crippen LogP contribution in [0, 0.1) is 12.8 Å². The number of rotatable bonds is 7. The first-order valence-electron chi connectivity index (χ1n) is 6.26. The van der Waals surface area contributed by atoms with E-state index in [-0.39, 0.29) is 12.5 Å². The van der Waals surface area contributed by atoms with Crippen molar-refractivity contribution >= 4 is 0 Å². The molecule has 1 N–H and O–H groups in total. The van der Waals surface area contributed by atoms with Crippen LogP contribution in [0.4, 0.5) is 13.2 Å². The molecule has 0 saturated carbocycles. The van der Waals surface area contributed by atoms with Gasteiger partial charge in [0.1, 0.15) is 6.61 Å². The molecule has 0 radical (unpaired) electrons. The van der Waals surface area contributed by atoms with Crippen molar-refractivity contribution < 1.29 is 17.9 Å². The maximum absolute atomic E-state index is 12.0. The third kappa shape index (κ3) is 6.59. The Morgan fingerprint density at radius 1 is 1.26 bits per heavy atom. The zero-order chi connectivity index (χ0) is 14.3. The Morgan fingerprint density at radius 3 is 2.53 bits per heavy atom. The zero-order valence-corrected chi connectivity index (χ0v) is 11.3. The van der Waals surface area contributed by atoms with Gasteiger partial charge >= 0.3 is 6.18 Å². The molecule has 19 heavy (non-hydrogen) atoms. The highest BCUT2D eigenvalue weighted by molar-refractivity contribution is 5.25. The molecule has 1 aromatic carbocycles. The van der Waals surface area contributed by atoms with Crippen LogP contribution in [0.25, 0.3) is 0 Å². The Kier molecular flexibility index (Phi) is 6.31. The lowest BCUT2D eigenvalue weighted by molar-refractivity contribution is -0.176. The summed E-state index contributed by atoms with van der Waals surface area (Å²) in [5.74, 6) is 0.0356. The number of halogens is 3. The van der Waals surface area contributed by atoms with Crippen LogP contribution < -0.4 is 5.32 Å². The van der Waals surface area contributed by atoms with Crippen LogP contribution in [0.1, 0.15) is 11.1 Å². The zero-order valence-electron chi connectivity index (χ0n) is 11.3. The molecule has 1 unspecified atom stereocenters. The van der Waals surface area contributed by atoms with Gasteiger partial charge in [-0.15, -0.1) is 0 Å². The lowest BCUT2D eigenvalue weighted by Gasteiger charge is -2.18. The van der Waals surface area contributed by atoms with Crippen LogP contribution in [0.15, 0.2) is 24.3 Å². The number of hydrogen-bond acceptors (Lipinski definition) is 2. The van der Waals surface area contributed by atoms with Crippen molar-refractivity contribution in [3.8, 4) is 0 Å². The summed E-state index contributed by atoms with van der Waals surface area (Å²) in [5, 5.41) is 2.99. The second-order valence-electron chi connectivity index (χ2n) is 4.68. The van der Waals surface area contributed by atoms with Crippen LogP contribution in [-0.2, 0) is 11.2 Å². The smallest absolute Gasteiger partial charge is 0.372 e. The predicted octanol–water partition coefficient (Wildman–Crippen LogP) is 2.95. The monoisotopic (exact) mass is 275 g/mol. The fraction of sp³-hybridized carbons (Fsp3) is 0.571. The van der Waals surface area contributed by atoms with Gasteiger partial charge in [-0.25, -0.2) is 0 Å². The molecule has 0 heterocycles. The van der Waals surface area contributed by atoms with Gasteiger partial charge in [-0.05, 0) is 37.4 Å². The molecule has 0 fully saturated rings. The van der Waals surface area contributed by atoms with Crippen molar-refractivity contribution in [3.63, 3.8) is 0 Å². The molecule has 0 saturated heterocycles. The Morgan fingerprint density at radius 2 is 1.95 bits per heavy atom. The standard InChI is InChI=1S/C14H20F3NO/c1-11-5-3-4-6-13(11)7-12(8-18-2)9-19-10-14(15,16)17/h3-6,12,18H,7-10H2,1-2H3. The summed E-state index contributed by atoms with van der Waals surface area (Å²) in [6.45, 7) is 1.56. The van der Waals surface area contributed by atoms with E-state index in [0.717, 1.165) is 11.1 Å². The van der Waals surface area contributed by atoms with Crippen LogP contribution in [0.5, 0.6) is 0 Å². The third-order valence-electron chi connectivity index (χ3n) is 2.88. The van der Waals surface area contributed by atoms with E-state index in [0.29, 0.717) is 13.0 Å². The van der Waals surface area contributed by atoms with Crippen molar-refractivity contribution in [1.29, 1.82) is 0 Å². The third-order valence-corrected chi connectivity index (χ3v) is 2.88. The maximum atomic E-state index is 12.0. The number of hydrogen-bond donors (Lipinski definition) is 1. The van der Waals surface area contributed by atoms with Gasteiger partial charge in [0.15, 0.2) is 0 Å². The fourth-order valence-corrected chi connectivity index (χ4v) is 1.97. The van der Waals surface area contributed by atoms with E-state index in [1.807, 2.05) is 31.2 Å². The summed E-state index contributed by atoms with van der Waals surface area (Å²) in [5.41, 5.74) is 2.30. The van der Waals surface area contributed by atoms with Crippen LogP contribution in [0.3, 0.4) is 0 Å². The SMILES string of the molecule is CNCC(COCC(F)(F)F)Cc1ccccc1C. The topological polar surface area (TPSA) is 21.3 Å². The largest absolute Gasteiger partial charge is 0.411 e. The highest BCUT2D eigenvalue weighted by Crippen LogP contribution is 2.17. The average Bonchev–Trinajstić information content (AvgIpc) is 2.30. The molecular weight excluding hydrogens is 255 g/mol. The van der Waals surface area contributed by atoms with Crippen molar-refractivity contribution in [2.75, 3.05) is 26.8 Å². The molecule has 0 aliphatic rings. The molecule has 0 aliphatic carbocycles. The lowest BCUT2D eigenvalue weighted by atomic mass is 9.96. The summed E-state index contributed by atoms with van der Waals surface area (Å²) in [4.78, 5) is 0. The molecule has 1 aromatic rings. The Balaban J connectivity index is 2.51. The first-order chi connectivity index (χ1) is 8.92. The molecular formula is C14H20F3NO. The highest BCUT2D eigenvalue weighted by atomic mass is 19.4. The van der Waals surface area contributed by atoms with Crippen molar-refractivity contribution in [3.05, 3.63) is 35.4 Å². The summed E-state index contributed by atoms with van der Waals surface area (Å²) in [7, 11) is 1.79. The quantitative estimate of drug-likeness (QED) is 0.826. The summed E-state index contributed by atoms with van der Waals surface area (Å²) in [6, 6.07) is 7.89. The molecule has 0 bridgehead atoms. The Labute approximate surface area is 112 Å². The van der Waals surface area contributed by atoms with Gasteiger partial charge in [0.25, 0.3) is 0 Å². The van der Waals surface area contributed by atoms with Crippen molar-refractivity contribution in [2.45, 2.75) is 19.5 Å². The molecule has 0 amide bonds. The van der Waals surface area contributed by atoms with E-state index >= 15 is 0 Å².